The molecule has 0 nitrogen and oxygen atoms in total. The van der Waals surface area contributed by atoms with Gasteiger partial charge in [0.05, 0.1) is 0 Å². The molecule has 0 amide bonds. The number of rotatable bonds is 11. The Morgan fingerprint density at radius 2 is 0.862 bits per heavy atom. The van der Waals surface area contributed by atoms with Crippen molar-refractivity contribution in [2.75, 3.05) is 12.3 Å². The molecule has 0 aliphatic carbocycles. The van der Waals surface area contributed by atoms with Crippen molar-refractivity contribution in [3.05, 3.63) is 91.0 Å². The van der Waals surface area contributed by atoms with E-state index in [-0.39, 0.29) is 0 Å². The Kier molecular flexibility index (Phi) is 7.68. The quantitative estimate of drug-likeness (QED) is 0.241. The average Bonchev–Trinajstić information content (AvgIpc) is 2.80. The third kappa shape index (κ3) is 4.19. The van der Waals surface area contributed by atoms with Gasteiger partial charge < -0.3 is 0 Å². The molecule has 0 radical (unpaired) electrons. The standard InChI is InChI=1S/C28H37P/c1-3-5-6-7-17-25-29(24-4-2,26-18-11-8-12-19-26,27-20-13-9-14-21-27)28-22-15-10-16-23-28/h8-16,18-23H,3-7,17,24-25H2,1-2H3. The SMILES string of the molecule is CCCCCCCP(CCC)(c1ccccc1)(c1ccccc1)c1ccccc1. The minimum absolute atomic E-state index is 1.20. The van der Waals surface area contributed by atoms with Crippen molar-refractivity contribution in [2.45, 2.75) is 52.4 Å². The second kappa shape index (κ2) is 10.2. The molecule has 0 aromatic heterocycles. The summed E-state index contributed by atoms with van der Waals surface area (Å²) in [5.41, 5.74) is 0. The Bertz CT molecular complexity index is 740. The molecule has 0 heterocycles. The van der Waals surface area contributed by atoms with Gasteiger partial charge >= 0.3 is 178 Å². The summed E-state index contributed by atoms with van der Waals surface area (Å²) in [7, 11) is 0. The van der Waals surface area contributed by atoms with E-state index in [0.717, 1.165) is 0 Å². The van der Waals surface area contributed by atoms with Crippen LogP contribution in [0.15, 0.2) is 91.0 Å². The molecule has 29 heavy (non-hydrogen) atoms. The van der Waals surface area contributed by atoms with E-state index in [0.29, 0.717) is 0 Å². The predicted octanol–water partition coefficient (Wildman–Crippen LogP) is 6.90. The van der Waals surface area contributed by atoms with Gasteiger partial charge in [-0.05, 0) is 0 Å². The van der Waals surface area contributed by atoms with Crippen molar-refractivity contribution in [3.8, 4) is 0 Å². The fourth-order valence-electron chi connectivity index (χ4n) is 5.26. The molecule has 0 unspecified atom stereocenters. The van der Waals surface area contributed by atoms with Crippen LogP contribution in [0.3, 0.4) is 0 Å². The average molecular weight is 405 g/mol. The summed E-state index contributed by atoms with van der Waals surface area (Å²) < 4.78 is 0. The normalized spacial score (nSPS) is 13.0. The summed E-state index contributed by atoms with van der Waals surface area (Å²) in [6, 6.07) is 34.5. The second-order valence-corrected chi connectivity index (χ2v) is 13.8. The van der Waals surface area contributed by atoms with Gasteiger partial charge in [-0.3, -0.25) is 0 Å². The van der Waals surface area contributed by atoms with Gasteiger partial charge in [-0.2, -0.15) is 0 Å². The van der Waals surface area contributed by atoms with Crippen LogP contribution in [0.25, 0.3) is 0 Å². The van der Waals surface area contributed by atoms with E-state index in [1.807, 2.05) is 0 Å². The topological polar surface area (TPSA) is 0 Å². The van der Waals surface area contributed by atoms with Crippen molar-refractivity contribution in [1.29, 1.82) is 0 Å². The second-order valence-electron chi connectivity index (χ2n) is 8.38. The van der Waals surface area contributed by atoms with Crippen molar-refractivity contribution in [2.24, 2.45) is 0 Å². The van der Waals surface area contributed by atoms with Crippen molar-refractivity contribution < 1.29 is 0 Å². The zero-order valence-corrected chi connectivity index (χ0v) is 19.2. The van der Waals surface area contributed by atoms with Gasteiger partial charge in [0.1, 0.15) is 0 Å². The van der Waals surface area contributed by atoms with Crippen LogP contribution in [0.1, 0.15) is 52.4 Å². The van der Waals surface area contributed by atoms with Crippen molar-refractivity contribution >= 4 is 22.5 Å². The van der Waals surface area contributed by atoms with Gasteiger partial charge in [0.2, 0.25) is 0 Å². The Labute approximate surface area is 178 Å². The van der Waals surface area contributed by atoms with Crippen LogP contribution in [-0.4, -0.2) is 12.3 Å². The Morgan fingerprint density at radius 3 is 1.24 bits per heavy atom. The Morgan fingerprint density at radius 1 is 0.448 bits per heavy atom. The summed E-state index contributed by atoms with van der Waals surface area (Å²) in [5, 5.41) is 4.69. The van der Waals surface area contributed by atoms with Gasteiger partial charge in [-0.1, -0.05) is 0 Å². The van der Waals surface area contributed by atoms with E-state index in [4.69, 9.17) is 0 Å². The zero-order chi connectivity index (χ0) is 20.4. The molecule has 0 N–H and O–H groups in total. The molecule has 3 aromatic rings. The van der Waals surface area contributed by atoms with Crippen molar-refractivity contribution in [3.63, 3.8) is 0 Å². The van der Waals surface area contributed by atoms with Crippen molar-refractivity contribution in [1.82, 2.24) is 0 Å². The first kappa shape index (κ1) is 21.8. The van der Waals surface area contributed by atoms with Crippen LogP contribution in [0.2, 0.25) is 0 Å². The molecule has 0 aliphatic rings. The van der Waals surface area contributed by atoms with E-state index < -0.39 is 6.60 Å². The maximum absolute atomic E-state index is 2.55. The fraction of sp³-hybridized carbons (Fsp3) is 0.357. The zero-order valence-electron chi connectivity index (χ0n) is 18.3. The Balaban J connectivity index is 2.26. The number of unbranched alkanes of at least 4 members (excludes halogenated alkanes) is 4. The van der Waals surface area contributed by atoms with E-state index in [1.165, 1.54) is 50.8 Å². The molecule has 3 rings (SSSR count). The summed E-state index contributed by atoms with van der Waals surface area (Å²) in [6.45, 7) is 2.12. The van der Waals surface area contributed by atoms with Crippen LogP contribution in [0.4, 0.5) is 0 Å². The molecule has 1 heteroatoms. The Hall–Kier alpha value is -1.91. The first-order valence-electron chi connectivity index (χ1n) is 11.4. The summed E-state index contributed by atoms with van der Waals surface area (Å²) in [4.78, 5) is 0. The molecule has 0 saturated carbocycles. The molecule has 0 aliphatic heterocycles. The first-order valence-corrected chi connectivity index (χ1v) is 14.1. The molecule has 0 spiro atoms. The van der Waals surface area contributed by atoms with Gasteiger partial charge in [0.25, 0.3) is 0 Å². The molecular weight excluding hydrogens is 367 g/mol. The van der Waals surface area contributed by atoms with Crippen LogP contribution in [0, 0.1) is 0 Å². The van der Waals surface area contributed by atoms with Crippen LogP contribution < -0.4 is 15.9 Å². The van der Waals surface area contributed by atoms with E-state index in [2.05, 4.69) is 105 Å². The van der Waals surface area contributed by atoms with Gasteiger partial charge in [0, 0.05) is 0 Å². The molecule has 154 valence electrons. The van der Waals surface area contributed by atoms with Gasteiger partial charge in [-0.15, -0.1) is 0 Å². The molecular formula is C28H37P. The molecule has 0 bridgehead atoms. The molecule has 0 atom stereocenters. The number of benzene rings is 3. The first-order chi connectivity index (χ1) is 14.3. The van der Waals surface area contributed by atoms with E-state index in [9.17, 15) is 0 Å². The third-order valence-electron chi connectivity index (χ3n) is 6.61. The fourth-order valence-corrected chi connectivity index (χ4v) is 12.5. The van der Waals surface area contributed by atoms with E-state index >= 15 is 0 Å². The van der Waals surface area contributed by atoms with Crippen LogP contribution in [-0.2, 0) is 0 Å². The summed E-state index contributed by atoms with van der Waals surface area (Å²) >= 11 is 0. The number of hydrogen-bond donors (Lipinski definition) is 0. The third-order valence-corrected chi connectivity index (χ3v) is 14.0. The minimum atomic E-state index is -2.55. The maximum atomic E-state index is 2.42. The van der Waals surface area contributed by atoms with Crippen LogP contribution in [0.5, 0.6) is 0 Å². The summed E-state index contributed by atoms with van der Waals surface area (Å²) in [6.07, 6.45) is 10.4. The molecule has 0 saturated heterocycles. The molecule has 0 fully saturated rings. The van der Waals surface area contributed by atoms with E-state index in [1.54, 1.807) is 15.9 Å². The van der Waals surface area contributed by atoms with Gasteiger partial charge in [-0.25, -0.2) is 0 Å². The van der Waals surface area contributed by atoms with Crippen LogP contribution >= 0.6 is 6.60 Å². The van der Waals surface area contributed by atoms with Gasteiger partial charge in [0.15, 0.2) is 0 Å². The summed E-state index contributed by atoms with van der Waals surface area (Å²) in [5.74, 6) is 0. The molecule has 3 aromatic carbocycles. The monoisotopic (exact) mass is 404 g/mol. The number of hydrogen-bond acceptors (Lipinski definition) is 0. The predicted molar refractivity (Wildman–Crippen MR) is 134 cm³/mol.